The lowest BCUT2D eigenvalue weighted by molar-refractivity contribution is 0.0705. The highest BCUT2D eigenvalue weighted by Crippen LogP contribution is 2.28. The van der Waals surface area contributed by atoms with Crippen molar-refractivity contribution in [2.45, 2.75) is 45.6 Å². The molecule has 3 nitrogen and oxygen atoms in total. The number of nitrogens with one attached hydrogen (secondary N) is 1. The summed E-state index contributed by atoms with van der Waals surface area (Å²) in [4.78, 5) is 14.6. The number of rotatable bonds is 4. The maximum atomic E-state index is 12.6. The summed E-state index contributed by atoms with van der Waals surface area (Å²) in [5.74, 6) is 1.13. The second-order valence-corrected chi connectivity index (χ2v) is 6.79. The average molecular weight is 286 g/mol. The molecule has 0 radical (unpaired) electrons. The molecule has 114 valence electrons. The summed E-state index contributed by atoms with van der Waals surface area (Å²) in [5.41, 5.74) is 3.18. The van der Waals surface area contributed by atoms with E-state index in [0.717, 1.165) is 37.4 Å². The number of piperidine rings is 1. The lowest BCUT2D eigenvalue weighted by atomic mass is 10.0. The summed E-state index contributed by atoms with van der Waals surface area (Å²) in [6, 6.07) is 6.73. The molecular weight excluding hydrogens is 260 g/mol. The Morgan fingerprint density at radius 3 is 2.29 bits per heavy atom. The van der Waals surface area contributed by atoms with Crippen molar-refractivity contribution in [3.8, 4) is 0 Å². The Morgan fingerprint density at radius 2 is 1.71 bits per heavy atom. The summed E-state index contributed by atoms with van der Waals surface area (Å²) in [5, 5.41) is 3.66. The Bertz CT molecular complexity index is 494. The first-order valence-electron chi connectivity index (χ1n) is 8.23. The monoisotopic (exact) mass is 286 g/mol. The number of hydrogen-bond donors (Lipinski definition) is 1. The lowest BCUT2D eigenvalue weighted by Gasteiger charge is -2.32. The molecule has 3 heteroatoms. The van der Waals surface area contributed by atoms with Crippen LogP contribution in [0.15, 0.2) is 18.2 Å². The van der Waals surface area contributed by atoms with Crippen LogP contribution in [0.3, 0.4) is 0 Å². The zero-order valence-corrected chi connectivity index (χ0v) is 13.2. The van der Waals surface area contributed by atoms with Crippen LogP contribution in [0.4, 0.5) is 0 Å². The van der Waals surface area contributed by atoms with Gasteiger partial charge in [0.25, 0.3) is 5.91 Å². The van der Waals surface area contributed by atoms with Crippen molar-refractivity contribution < 1.29 is 4.79 Å². The van der Waals surface area contributed by atoms with Crippen molar-refractivity contribution in [1.82, 2.24) is 10.2 Å². The maximum absolute atomic E-state index is 12.6. The third kappa shape index (κ3) is 3.85. The molecule has 0 atom stereocenters. The van der Waals surface area contributed by atoms with Gasteiger partial charge < -0.3 is 10.2 Å². The number of carbonyl (C=O) groups is 1. The van der Waals surface area contributed by atoms with Gasteiger partial charge in [0, 0.05) is 24.7 Å². The van der Waals surface area contributed by atoms with Gasteiger partial charge in [0.05, 0.1) is 0 Å². The smallest absolute Gasteiger partial charge is 0.253 e. The molecule has 2 aliphatic rings. The van der Waals surface area contributed by atoms with Crippen molar-refractivity contribution in [3.05, 3.63) is 34.9 Å². The van der Waals surface area contributed by atoms with Gasteiger partial charge in [-0.3, -0.25) is 4.79 Å². The molecule has 1 aliphatic heterocycles. The normalized spacial score (nSPS) is 19.8. The molecule has 21 heavy (non-hydrogen) atoms. The van der Waals surface area contributed by atoms with Crippen LogP contribution in [0, 0.1) is 19.8 Å². The maximum Gasteiger partial charge on any atom is 0.253 e. The molecule has 0 aromatic heterocycles. The Hall–Kier alpha value is -1.35. The van der Waals surface area contributed by atoms with Crippen LogP contribution in [0.2, 0.25) is 0 Å². The first-order chi connectivity index (χ1) is 10.1. The van der Waals surface area contributed by atoms with Gasteiger partial charge >= 0.3 is 0 Å². The first-order valence-corrected chi connectivity index (χ1v) is 8.23. The number of aryl methyl sites for hydroxylation is 2. The van der Waals surface area contributed by atoms with Gasteiger partial charge in [0.2, 0.25) is 0 Å². The van der Waals surface area contributed by atoms with Gasteiger partial charge in [-0.2, -0.15) is 0 Å². The fourth-order valence-corrected chi connectivity index (χ4v) is 3.22. The van der Waals surface area contributed by atoms with E-state index in [1.165, 1.54) is 30.5 Å². The first kappa shape index (κ1) is 14.6. The largest absolute Gasteiger partial charge is 0.339 e. The average Bonchev–Trinajstić information content (AvgIpc) is 3.28. The molecular formula is C18H26N2O. The molecule has 1 saturated carbocycles. The zero-order valence-electron chi connectivity index (χ0n) is 13.2. The van der Waals surface area contributed by atoms with E-state index in [9.17, 15) is 4.79 Å². The van der Waals surface area contributed by atoms with E-state index in [0.29, 0.717) is 6.04 Å². The molecule has 1 N–H and O–H groups in total. The highest BCUT2D eigenvalue weighted by Gasteiger charge is 2.26. The van der Waals surface area contributed by atoms with Crippen LogP contribution in [0.1, 0.15) is 47.2 Å². The third-order valence-corrected chi connectivity index (χ3v) is 4.64. The van der Waals surface area contributed by atoms with E-state index in [1.54, 1.807) is 0 Å². The number of carbonyl (C=O) groups excluding carboxylic acids is 1. The Labute approximate surface area is 127 Å². The molecule has 1 aromatic rings. The van der Waals surface area contributed by atoms with Crippen molar-refractivity contribution in [2.24, 2.45) is 5.92 Å². The molecule has 0 unspecified atom stereocenters. The number of benzene rings is 1. The highest BCUT2D eigenvalue weighted by atomic mass is 16.2. The molecule has 1 saturated heterocycles. The SMILES string of the molecule is Cc1cc(C)cc(C(=O)N2CCC(NCC3CC3)CC2)c1. The number of amides is 1. The van der Waals surface area contributed by atoms with Crippen molar-refractivity contribution in [3.63, 3.8) is 0 Å². The van der Waals surface area contributed by atoms with Crippen molar-refractivity contribution >= 4 is 5.91 Å². The molecule has 0 bridgehead atoms. The minimum absolute atomic E-state index is 0.197. The fraction of sp³-hybridized carbons (Fsp3) is 0.611. The minimum atomic E-state index is 0.197. The van der Waals surface area contributed by atoms with Crippen LogP contribution in [0.5, 0.6) is 0 Å². The number of hydrogen-bond acceptors (Lipinski definition) is 2. The molecule has 1 amide bonds. The summed E-state index contributed by atoms with van der Waals surface area (Å²) in [7, 11) is 0. The molecule has 0 spiro atoms. The van der Waals surface area contributed by atoms with E-state index in [2.05, 4.69) is 25.2 Å². The summed E-state index contributed by atoms with van der Waals surface area (Å²) < 4.78 is 0. The minimum Gasteiger partial charge on any atom is -0.339 e. The van der Waals surface area contributed by atoms with Crippen molar-refractivity contribution in [2.75, 3.05) is 19.6 Å². The predicted molar refractivity (Wildman–Crippen MR) is 85.6 cm³/mol. The van der Waals surface area contributed by atoms with Gasteiger partial charge in [0.1, 0.15) is 0 Å². The zero-order chi connectivity index (χ0) is 14.8. The standard InChI is InChI=1S/C18H26N2O/c1-13-9-14(2)11-16(10-13)18(21)20-7-5-17(6-8-20)19-12-15-3-4-15/h9-11,15,17,19H,3-8,12H2,1-2H3. The quantitative estimate of drug-likeness (QED) is 0.923. The second kappa shape index (κ2) is 6.18. The number of nitrogens with zero attached hydrogens (tertiary/aromatic N) is 1. The fourth-order valence-electron chi connectivity index (χ4n) is 3.22. The van der Waals surface area contributed by atoms with Crippen LogP contribution >= 0.6 is 0 Å². The lowest BCUT2D eigenvalue weighted by Crippen LogP contribution is -2.45. The van der Waals surface area contributed by atoms with Crippen LogP contribution in [0.25, 0.3) is 0 Å². The van der Waals surface area contributed by atoms with Gasteiger partial charge in [-0.15, -0.1) is 0 Å². The van der Waals surface area contributed by atoms with Gasteiger partial charge in [-0.25, -0.2) is 0 Å². The molecule has 1 aromatic carbocycles. The van der Waals surface area contributed by atoms with Crippen LogP contribution in [-0.2, 0) is 0 Å². The molecule has 3 rings (SSSR count). The van der Waals surface area contributed by atoms with E-state index >= 15 is 0 Å². The Morgan fingerprint density at radius 1 is 1.10 bits per heavy atom. The van der Waals surface area contributed by atoms with Gasteiger partial charge in [-0.05, 0) is 64.1 Å². The summed E-state index contributed by atoms with van der Waals surface area (Å²) in [6.45, 7) is 7.05. The van der Waals surface area contributed by atoms with E-state index < -0.39 is 0 Å². The summed E-state index contributed by atoms with van der Waals surface area (Å²) in [6.07, 6.45) is 4.97. The Kier molecular flexibility index (Phi) is 4.29. The number of likely N-dealkylation sites (tertiary alicyclic amines) is 1. The predicted octanol–water partition coefficient (Wildman–Crippen LogP) is 2.91. The Balaban J connectivity index is 1.54. The molecule has 1 aliphatic carbocycles. The van der Waals surface area contributed by atoms with E-state index in [4.69, 9.17) is 0 Å². The van der Waals surface area contributed by atoms with Gasteiger partial charge in [-0.1, -0.05) is 17.2 Å². The van der Waals surface area contributed by atoms with Crippen molar-refractivity contribution in [1.29, 1.82) is 0 Å². The summed E-state index contributed by atoms with van der Waals surface area (Å²) >= 11 is 0. The topological polar surface area (TPSA) is 32.3 Å². The molecule has 1 heterocycles. The van der Waals surface area contributed by atoms with E-state index in [1.807, 2.05) is 17.0 Å². The van der Waals surface area contributed by atoms with E-state index in [-0.39, 0.29) is 5.91 Å². The highest BCUT2D eigenvalue weighted by molar-refractivity contribution is 5.94. The third-order valence-electron chi connectivity index (χ3n) is 4.64. The van der Waals surface area contributed by atoms with Crippen LogP contribution in [-0.4, -0.2) is 36.5 Å². The van der Waals surface area contributed by atoms with Gasteiger partial charge in [0.15, 0.2) is 0 Å². The molecule has 2 fully saturated rings. The van der Waals surface area contributed by atoms with Crippen LogP contribution < -0.4 is 5.32 Å². The second-order valence-electron chi connectivity index (χ2n) is 6.79.